The number of aldehydes is 1. The Kier molecular flexibility index (Phi) is 8.13. The lowest BCUT2D eigenvalue weighted by molar-refractivity contribution is -0.157. The molecule has 0 fully saturated rings. The van der Waals surface area contributed by atoms with Crippen molar-refractivity contribution in [1.82, 2.24) is 0 Å². The first-order chi connectivity index (χ1) is 15.7. The fourth-order valence-corrected chi connectivity index (χ4v) is 3.47. The van der Waals surface area contributed by atoms with Crippen molar-refractivity contribution in [2.75, 3.05) is 0 Å². The molecular weight excluding hydrogens is 531 g/mol. The van der Waals surface area contributed by atoms with Gasteiger partial charge in [-0.15, -0.1) is 0 Å². The molecule has 0 aromatic heterocycles. The van der Waals surface area contributed by atoms with E-state index in [4.69, 9.17) is 14.2 Å². The molecule has 0 N–H and O–H groups in total. The Labute approximate surface area is 208 Å². The van der Waals surface area contributed by atoms with E-state index in [2.05, 4.69) is 0 Å². The van der Waals surface area contributed by atoms with Gasteiger partial charge in [0.15, 0.2) is 21.2 Å². The van der Waals surface area contributed by atoms with Gasteiger partial charge in [-0.3, -0.25) is 0 Å². The number of carbonyl (C=O) groups is 2. The third-order valence-electron chi connectivity index (χ3n) is 4.70. The number of carbonyl (C=O) groups excluding carboxylic acids is 2. The first kappa shape index (κ1) is 24.8. The average Bonchev–Trinajstić information content (AvgIpc) is 2.81. The van der Waals surface area contributed by atoms with E-state index in [0.29, 0.717) is 36.6 Å². The maximum Gasteiger partial charge on any atom is 0.334 e. The van der Waals surface area contributed by atoms with E-state index in [-0.39, 0.29) is 0 Å². The highest BCUT2D eigenvalue weighted by atomic mass is 127. The minimum atomic E-state index is -1.51. The molecule has 3 rings (SSSR count). The van der Waals surface area contributed by atoms with E-state index in [1.807, 2.05) is 83.3 Å². The molecule has 1 atom stereocenters. The van der Waals surface area contributed by atoms with Crippen LogP contribution in [-0.2, 0) is 31.0 Å². The van der Waals surface area contributed by atoms with Crippen molar-refractivity contribution in [2.45, 2.75) is 43.0 Å². The second-order valence-corrected chi connectivity index (χ2v) is 10.2. The van der Waals surface area contributed by atoms with Crippen molar-refractivity contribution in [3.05, 3.63) is 95.6 Å². The highest BCUT2D eigenvalue weighted by Crippen LogP contribution is 2.39. The Morgan fingerprint density at radius 1 is 0.818 bits per heavy atom. The van der Waals surface area contributed by atoms with Gasteiger partial charge in [-0.1, -0.05) is 89.3 Å². The van der Waals surface area contributed by atoms with Crippen LogP contribution in [-0.4, -0.2) is 17.9 Å². The molecule has 6 heteroatoms. The summed E-state index contributed by atoms with van der Waals surface area (Å²) in [4.78, 5) is 24.9. The zero-order chi connectivity index (χ0) is 23.9. The normalized spacial score (nSPS) is 13.0. The molecule has 172 valence electrons. The van der Waals surface area contributed by atoms with E-state index < -0.39 is 15.0 Å². The maximum atomic E-state index is 12.9. The second kappa shape index (κ2) is 10.8. The Morgan fingerprint density at radius 2 is 1.33 bits per heavy atom. The third kappa shape index (κ3) is 6.81. The van der Waals surface area contributed by atoms with Crippen LogP contribution in [0.5, 0.6) is 11.5 Å². The van der Waals surface area contributed by atoms with Crippen LogP contribution in [0.4, 0.5) is 0 Å². The Hall–Kier alpha value is -2.87. The van der Waals surface area contributed by atoms with Crippen LogP contribution in [0.1, 0.15) is 37.5 Å². The summed E-state index contributed by atoms with van der Waals surface area (Å²) in [7, 11) is 0. The summed E-state index contributed by atoms with van der Waals surface area (Å²) in [6, 6.07) is 24.6. The number of halogens is 1. The molecular formula is C27H27IO5. The van der Waals surface area contributed by atoms with Crippen LogP contribution >= 0.6 is 22.6 Å². The number of benzene rings is 3. The van der Waals surface area contributed by atoms with Crippen molar-refractivity contribution in [3.8, 4) is 11.5 Å². The summed E-state index contributed by atoms with van der Waals surface area (Å²) in [5.41, 5.74) is 1.74. The molecule has 0 saturated carbocycles. The van der Waals surface area contributed by atoms with Crippen molar-refractivity contribution in [2.24, 2.45) is 0 Å². The molecule has 0 heterocycles. The molecule has 0 saturated heterocycles. The van der Waals surface area contributed by atoms with Gasteiger partial charge in [0.2, 0.25) is 0 Å². The smallest absolute Gasteiger partial charge is 0.334 e. The third-order valence-corrected chi connectivity index (χ3v) is 6.01. The lowest BCUT2D eigenvalue weighted by atomic mass is 9.99. The van der Waals surface area contributed by atoms with Crippen molar-refractivity contribution >= 4 is 34.8 Å². The number of alkyl halides is 1. The number of esters is 1. The van der Waals surface area contributed by atoms with Crippen LogP contribution in [0.25, 0.3) is 0 Å². The lowest BCUT2D eigenvalue weighted by Gasteiger charge is -2.27. The van der Waals surface area contributed by atoms with E-state index >= 15 is 0 Å². The van der Waals surface area contributed by atoms with Crippen LogP contribution in [0, 0.1) is 0 Å². The van der Waals surface area contributed by atoms with Crippen molar-refractivity contribution in [3.63, 3.8) is 0 Å². The van der Waals surface area contributed by atoms with Crippen molar-refractivity contribution < 1.29 is 23.8 Å². The molecule has 5 nitrogen and oxygen atoms in total. The second-order valence-electron chi connectivity index (χ2n) is 8.54. The molecule has 1 unspecified atom stereocenters. The predicted octanol–water partition coefficient (Wildman–Crippen LogP) is 6.02. The van der Waals surface area contributed by atoms with E-state index in [9.17, 15) is 9.59 Å². The van der Waals surface area contributed by atoms with Gasteiger partial charge in [-0.2, -0.15) is 0 Å². The van der Waals surface area contributed by atoms with Gasteiger partial charge in [0.1, 0.15) is 18.8 Å². The number of hydrogen-bond donors (Lipinski definition) is 0. The topological polar surface area (TPSA) is 61.8 Å². The first-order valence-electron chi connectivity index (χ1n) is 10.6. The molecule has 33 heavy (non-hydrogen) atoms. The predicted molar refractivity (Wildman–Crippen MR) is 136 cm³/mol. The van der Waals surface area contributed by atoms with Gasteiger partial charge in [0, 0.05) is 0 Å². The Bertz CT molecular complexity index is 1080. The molecule has 0 aliphatic carbocycles. The fraction of sp³-hybridized carbons (Fsp3) is 0.259. The van der Waals surface area contributed by atoms with Crippen LogP contribution in [0.3, 0.4) is 0 Å². The molecule has 0 radical (unpaired) electrons. The molecule has 0 aliphatic rings. The quantitative estimate of drug-likeness (QED) is 0.106. The monoisotopic (exact) mass is 558 g/mol. The van der Waals surface area contributed by atoms with Gasteiger partial charge in [0.05, 0.1) is 0 Å². The molecule has 0 aliphatic heterocycles. The van der Waals surface area contributed by atoms with Gasteiger partial charge < -0.3 is 19.0 Å². The van der Waals surface area contributed by atoms with Gasteiger partial charge >= 0.3 is 5.97 Å². The zero-order valence-electron chi connectivity index (χ0n) is 18.9. The minimum absolute atomic E-state index is 0.313. The van der Waals surface area contributed by atoms with E-state index in [0.717, 1.165) is 11.1 Å². The first-order valence-corrected chi connectivity index (χ1v) is 11.7. The highest BCUT2D eigenvalue weighted by molar-refractivity contribution is 14.1. The number of rotatable bonds is 9. The van der Waals surface area contributed by atoms with E-state index in [1.54, 1.807) is 39.0 Å². The number of ether oxygens (including phenoxy) is 3. The van der Waals surface area contributed by atoms with Gasteiger partial charge in [-0.05, 0) is 49.6 Å². The van der Waals surface area contributed by atoms with Gasteiger partial charge in [0.25, 0.3) is 0 Å². The molecule has 3 aromatic rings. The van der Waals surface area contributed by atoms with Crippen LogP contribution in [0.2, 0.25) is 0 Å². The molecule has 0 spiro atoms. The zero-order valence-corrected chi connectivity index (χ0v) is 21.1. The van der Waals surface area contributed by atoms with Crippen LogP contribution in [0.15, 0.2) is 78.9 Å². The summed E-state index contributed by atoms with van der Waals surface area (Å²) in [5.74, 6) is 0.337. The van der Waals surface area contributed by atoms with Gasteiger partial charge in [-0.25, -0.2) is 4.79 Å². The summed E-state index contributed by atoms with van der Waals surface area (Å²) in [5, 5.41) is 0. The minimum Gasteiger partial charge on any atom is -0.485 e. The SMILES string of the molecule is CC(C)(C)OC(=O)C(I)(C=O)c1ccc(OCc2ccccc2)c(OCc2ccccc2)c1. The van der Waals surface area contributed by atoms with Crippen molar-refractivity contribution in [1.29, 1.82) is 0 Å². The Morgan fingerprint density at radius 3 is 1.82 bits per heavy atom. The summed E-state index contributed by atoms with van der Waals surface area (Å²) < 4.78 is 16.1. The van der Waals surface area contributed by atoms with Crippen LogP contribution < -0.4 is 9.47 Å². The van der Waals surface area contributed by atoms with E-state index in [1.165, 1.54) is 0 Å². The maximum absolute atomic E-state index is 12.9. The average molecular weight is 558 g/mol. The Balaban J connectivity index is 1.91. The summed E-state index contributed by atoms with van der Waals surface area (Å²) in [6.45, 7) is 5.97. The molecule has 3 aromatic carbocycles. The largest absolute Gasteiger partial charge is 0.485 e. The molecule has 0 bridgehead atoms. The standard InChI is InChI=1S/C27H27IO5/c1-26(2,3)33-25(30)27(28,19-29)22-14-15-23(31-17-20-10-6-4-7-11-20)24(16-22)32-18-21-12-8-5-9-13-21/h4-16,19H,17-18H2,1-3H3. The fourth-order valence-electron chi connectivity index (χ4n) is 3.02. The lowest BCUT2D eigenvalue weighted by Crippen LogP contribution is -2.38. The highest BCUT2D eigenvalue weighted by Gasteiger charge is 2.41. The summed E-state index contributed by atoms with van der Waals surface area (Å²) in [6.07, 6.45) is 0.600. The molecule has 0 amide bonds. The summed E-state index contributed by atoms with van der Waals surface area (Å²) >= 11 is 1.83. The number of hydrogen-bond acceptors (Lipinski definition) is 5.